The van der Waals surface area contributed by atoms with Crippen LogP contribution in [0.25, 0.3) is 0 Å². The molecule has 0 radical (unpaired) electrons. The molecule has 1 N–H and O–H groups in total. The molecular formula is C23H26FN5O2S. The summed E-state index contributed by atoms with van der Waals surface area (Å²) < 4.78 is 18.6. The summed E-state index contributed by atoms with van der Waals surface area (Å²) in [5.41, 5.74) is 3.41. The van der Waals surface area contributed by atoms with Crippen LogP contribution in [0.1, 0.15) is 29.6 Å². The van der Waals surface area contributed by atoms with E-state index in [0.29, 0.717) is 18.7 Å². The molecule has 1 aliphatic rings. The lowest BCUT2D eigenvalue weighted by atomic mass is 10.1. The van der Waals surface area contributed by atoms with Crippen LogP contribution in [0.5, 0.6) is 5.75 Å². The van der Waals surface area contributed by atoms with Gasteiger partial charge in [-0.2, -0.15) is 17.9 Å². The van der Waals surface area contributed by atoms with E-state index in [1.807, 2.05) is 50.1 Å². The molecule has 0 spiro atoms. The average Bonchev–Trinajstić information content (AvgIpc) is 2.77. The Bertz CT molecular complexity index is 1090. The van der Waals surface area contributed by atoms with E-state index in [9.17, 15) is 9.18 Å². The van der Waals surface area contributed by atoms with Gasteiger partial charge >= 0.3 is 0 Å². The van der Waals surface area contributed by atoms with Crippen LogP contribution in [0.15, 0.2) is 42.6 Å². The third-order valence-electron chi connectivity index (χ3n) is 5.41. The molecule has 9 heteroatoms. The molecule has 0 fully saturated rings. The quantitative estimate of drug-likeness (QED) is 0.573. The molecule has 0 saturated heterocycles. The number of aromatic nitrogens is 3. The minimum absolute atomic E-state index is 0. The van der Waals surface area contributed by atoms with Gasteiger partial charge in [-0.05, 0) is 50.1 Å². The van der Waals surface area contributed by atoms with E-state index in [1.54, 1.807) is 6.07 Å². The van der Waals surface area contributed by atoms with E-state index < -0.39 is 5.95 Å². The first-order chi connectivity index (χ1) is 14.9. The first kappa shape index (κ1) is 23.5. The van der Waals surface area contributed by atoms with Gasteiger partial charge in [0.2, 0.25) is 11.9 Å². The first-order valence-corrected chi connectivity index (χ1v) is 10.1. The van der Waals surface area contributed by atoms with Gasteiger partial charge in [-0.3, -0.25) is 4.79 Å². The second-order valence-electron chi connectivity index (χ2n) is 7.62. The number of halogens is 1. The van der Waals surface area contributed by atoms with Crippen LogP contribution in [0.4, 0.5) is 15.9 Å². The Kier molecular flexibility index (Phi) is 7.29. The molecule has 0 unspecified atom stereocenters. The zero-order valence-corrected chi connectivity index (χ0v) is 19.2. The number of hydrogen-bond donors (Lipinski definition) is 1. The van der Waals surface area contributed by atoms with Crippen molar-refractivity contribution in [3.05, 3.63) is 71.2 Å². The van der Waals surface area contributed by atoms with Gasteiger partial charge < -0.3 is 15.0 Å². The summed E-state index contributed by atoms with van der Waals surface area (Å²) in [6, 6.07) is 10.6. The summed E-state index contributed by atoms with van der Waals surface area (Å²) in [5.74, 6) is 1.69. The average molecular weight is 456 g/mol. The number of aryl methyl sites for hydroxylation is 3. The highest BCUT2D eigenvalue weighted by molar-refractivity contribution is 7.59. The van der Waals surface area contributed by atoms with Crippen LogP contribution in [0, 0.1) is 12.9 Å². The van der Waals surface area contributed by atoms with Crippen LogP contribution in [0.3, 0.4) is 0 Å². The fourth-order valence-corrected chi connectivity index (χ4v) is 3.38. The van der Waals surface area contributed by atoms with Gasteiger partial charge in [-0.25, -0.2) is 15.0 Å². The predicted molar refractivity (Wildman–Crippen MR) is 126 cm³/mol. The number of pyridine rings is 1. The highest BCUT2D eigenvalue weighted by Crippen LogP contribution is 2.31. The number of anilines is 2. The zero-order valence-electron chi connectivity index (χ0n) is 18.2. The number of nitrogens with one attached hydrogen (secondary N) is 1. The Balaban J connectivity index is 0.00000289. The van der Waals surface area contributed by atoms with Crippen LogP contribution in [-0.4, -0.2) is 33.9 Å². The molecule has 1 aromatic carbocycles. The van der Waals surface area contributed by atoms with Crippen molar-refractivity contribution in [2.45, 2.75) is 39.3 Å². The molecule has 7 nitrogen and oxygen atoms in total. The molecule has 0 aliphatic carbocycles. The van der Waals surface area contributed by atoms with E-state index in [2.05, 4.69) is 20.3 Å². The number of fused-ring (bicyclic) bond motifs is 1. The smallest absolute Gasteiger partial charge is 0.246 e. The molecule has 4 rings (SSSR count). The van der Waals surface area contributed by atoms with Crippen LogP contribution >= 0.6 is 13.5 Å². The maximum atomic E-state index is 12.9. The second kappa shape index (κ2) is 9.95. The molecule has 3 heterocycles. The van der Waals surface area contributed by atoms with Crippen molar-refractivity contribution in [3.63, 3.8) is 0 Å². The monoisotopic (exact) mass is 455 g/mol. The van der Waals surface area contributed by atoms with E-state index in [0.717, 1.165) is 40.6 Å². The molecule has 32 heavy (non-hydrogen) atoms. The number of rotatable bonds is 6. The number of amides is 1. The van der Waals surface area contributed by atoms with E-state index in [1.165, 1.54) is 12.3 Å². The number of benzene rings is 1. The van der Waals surface area contributed by atoms with Crippen molar-refractivity contribution in [2.24, 2.45) is 0 Å². The SMILES string of the molecule is Cc1nc(CCc2ccc(OCc3ccc(F)nc3)cc2)nc2c1NC(=O)[C@H](C)N2C.S. The van der Waals surface area contributed by atoms with Crippen molar-refractivity contribution < 1.29 is 13.9 Å². The standard InChI is InChI=1S/C23H24FN5O2.H2S/c1-14-21-22(29(3)15(2)23(30)28-21)27-20(26-14)11-7-16-4-8-18(9-5-16)31-13-17-6-10-19(24)25-12-17;/h4-6,8-10,12,15H,7,11,13H2,1-3H3,(H,28,30);1H2/t15-;/m0./s1. The molecule has 1 aliphatic heterocycles. The van der Waals surface area contributed by atoms with Gasteiger partial charge in [-0.1, -0.05) is 12.1 Å². The lowest BCUT2D eigenvalue weighted by molar-refractivity contribution is -0.117. The third-order valence-corrected chi connectivity index (χ3v) is 5.41. The van der Waals surface area contributed by atoms with Crippen LogP contribution < -0.4 is 15.0 Å². The number of carbonyl (C=O) groups excluding carboxylic acids is 1. The molecule has 2 aromatic heterocycles. The van der Waals surface area contributed by atoms with Crippen molar-refractivity contribution in [1.82, 2.24) is 15.0 Å². The van der Waals surface area contributed by atoms with Crippen LogP contribution in [0.2, 0.25) is 0 Å². The zero-order chi connectivity index (χ0) is 22.0. The Morgan fingerprint density at radius 1 is 1.09 bits per heavy atom. The second-order valence-corrected chi connectivity index (χ2v) is 7.62. The van der Waals surface area contributed by atoms with Crippen molar-refractivity contribution in [2.75, 3.05) is 17.3 Å². The maximum Gasteiger partial charge on any atom is 0.246 e. The number of ether oxygens (including phenoxy) is 1. The summed E-state index contributed by atoms with van der Waals surface area (Å²) >= 11 is 0. The van der Waals surface area contributed by atoms with E-state index in [4.69, 9.17) is 4.74 Å². The van der Waals surface area contributed by atoms with E-state index >= 15 is 0 Å². The molecule has 3 aromatic rings. The summed E-state index contributed by atoms with van der Waals surface area (Å²) in [6.45, 7) is 4.07. The maximum absolute atomic E-state index is 12.9. The number of carbonyl (C=O) groups is 1. The lowest BCUT2D eigenvalue weighted by Gasteiger charge is -2.32. The summed E-state index contributed by atoms with van der Waals surface area (Å²) in [4.78, 5) is 26.8. The Labute approximate surface area is 193 Å². The Hall–Kier alpha value is -3.20. The van der Waals surface area contributed by atoms with Gasteiger partial charge in [-0.15, -0.1) is 0 Å². The molecule has 0 bridgehead atoms. The molecule has 168 valence electrons. The van der Waals surface area contributed by atoms with Gasteiger partial charge in [0.25, 0.3) is 0 Å². The van der Waals surface area contributed by atoms with Crippen LogP contribution in [-0.2, 0) is 24.2 Å². The minimum Gasteiger partial charge on any atom is -0.489 e. The van der Waals surface area contributed by atoms with E-state index in [-0.39, 0.29) is 25.4 Å². The molecular weight excluding hydrogens is 429 g/mol. The van der Waals surface area contributed by atoms with Gasteiger partial charge in [0.05, 0.1) is 5.69 Å². The summed E-state index contributed by atoms with van der Waals surface area (Å²) in [5, 5.41) is 2.90. The van der Waals surface area contributed by atoms with Crippen molar-refractivity contribution in [3.8, 4) is 5.75 Å². The Morgan fingerprint density at radius 2 is 1.81 bits per heavy atom. The fraction of sp³-hybridized carbons (Fsp3) is 0.304. The minimum atomic E-state index is -0.503. The largest absolute Gasteiger partial charge is 0.489 e. The van der Waals surface area contributed by atoms with Gasteiger partial charge in [0, 0.05) is 25.2 Å². The predicted octanol–water partition coefficient (Wildman–Crippen LogP) is 3.57. The highest BCUT2D eigenvalue weighted by Gasteiger charge is 2.30. The van der Waals surface area contributed by atoms with Gasteiger partial charge in [0.1, 0.15) is 29.9 Å². The number of hydrogen-bond acceptors (Lipinski definition) is 6. The Morgan fingerprint density at radius 3 is 2.50 bits per heavy atom. The molecule has 1 atom stereocenters. The summed E-state index contributed by atoms with van der Waals surface area (Å²) in [6.07, 6.45) is 2.94. The van der Waals surface area contributed by atoms with Crippen molar-refractivity contribution >= 4 is 30.9 Å². The number of likely N-dealkylation sites (N-methyl/N-ethyl adjacent to an activating group) is 1. The normalized spacial score (nSPS) is 14.9. The topological polar surface area (TPSA) is 80.2 Å². The van der Waals surface area contributed by atoms with Gasteiger partial charge in [0.15, 0.2) is 5.82 Å². The first-order valence-electron chi connectivity index (χ1n) is 10.1. The lowest BCUT2D eigenvalue weighted by Crippen LogP contribution is -2.45. The molecule has 0 saturated carbocycles. The third kappa shape index (κ3) is 5.16. The number of nitrogens with zero attached hydrogens (tertiary/aromatic N) is 4. The fourth-order valence-electron chi connectivity index (χ4n) is 3.38. The molecule has 1 amide bonds. The highest BCUT2D eigenvalue weighted by atomic mass is 32.1. The van der Waals surface area contributed by atoms with Crippen molar-refractivity contribution in [1.29, 1.82) is 0 Å². The summed E-state index contributed by atoms with van der Waals surface area (Å²) in [7, 11) is 1.87.